The maximum Gasteiger partial charge on any atom is 0.339 e. The minimum Gasteiger partial charge on any atom is -0.467 e. The molecule has 0 saturated heterocycles. The number of hydrogen-bond donors (Lipinski definition) is 1. The van der Waals surface area contributed by atoms with Gasteiger partial charge in [-0.15, -0.1) is 0 Å². The first-order valence-electron chi connectivity index (χ1n) is 10.2. The number of carbonyl (C=O) groups is 1. The number of furan rings is 1. The maximum atomic E-state index is 13.1. The van der Waals surface area contributed by atoms with E-state index in [9.17, 15) is 17.6 Å². The lowest BCUT2D eigenvalue weighted by Gasteiger charge is -2.22. The summed E-state index contributed by atoms with van der Waals surface area (Å²) in [5, 5.41) is 2.88. The van der Waals surface area contributed by atoms with E-state index in [1.54, 1.807) is 35.2 Å². The fraction of sp³-hybridized carbons (Fsp3) is 0.261. The summed E-state index contributed by atoms with van der Waals surface area (Å²) in [7, 11) is -4.12. The van der Waals surface area contributed by atoms with Crippen molar-refractivity contribution >= 4 is 16.1 Å². The molecule has 2 amide bonds. The van der Waals surface area contributed by atoms with Crippen molar-refractivity contribution in [2.45, 2.75) is 37.8 Å². The van der Waals surface area contributed by atoms with Crippen molar-refractivity contribution in [3.05, 3.63) is 84.1 Å². The second-order valence-corrected chi connectivity index (χ2v) is 8.71. The van der Waals surface area contributed by atoms with Crippen LogP contribution in [-0.4, -0.2) is 25.9 Å². The van der Waals surface area contributed by atoms with Crippen LogP contribution in [0, 0.1) is 5.82 Å². The van der Waals surface area contributed by atoms with Crippen LogP contribution in [0.4, 0.5) is 9.18 Å². The van der Waals surface area contributed by atoms with E-state index in [0.717, 1.165) is 37.1 Å². The van der Waals surface area contributed by atoms with Gasteiger partial charge >= 0.3 is 16.1 Å². The molecule has 2 aromatic carbocycles. The number of halogens is 1. The van der Waals surface area contributed by atoms with Crippen LogP contribution in [0.15, 0.2) is 76.2 Å². The van der Waals surface area contributed by atoms with Gasteiger partial charge in [0.15, 0.2) is 0 Å². The van der Waals surface area contributed by atoms with E-state index < -0.39 is 15.9 Å². The van der Waals surface area contributed by atoms with Gasteiger partial charge < -0.3 is 18.8 Å². The number of unbranched alkanes of at least 4 members (excludes halogenated alkanes) is 1. The SMILES string of the molecule is CCCCNC(=O)N(Cc1cccc(OS(=O)(=O)c2ccc(F)cc2)c1)Cc1ccco1. The number of hydrogen-bond acceptors (Lipinski definition) is 5. The summed E-state index contributed by atoms with van der Waals surface area (Å²) in [6.45, 7) is 3.07. The third kappa shape index (κ3) is 6.58. The van der Waals surface area contributed by atoms with Gasteiger partial charge in [0.2, 0.25) is 0 Å². The number of urea groups is 1. The molecule has 0 fully saturated rings. The molecule has 0 spiro atoms. The second kappa shape index (κ2) is 10.8. The summed E-state index contributed by atoms with van der Waals surface area (Å²) in [6, 6.07) is 14.1. The van der Waals surface area contributed by atoms with Crippen LogP contribution in [0.2, 0.25) is 0 Å². The molecule has 0 bridgehead atoms. The Bertz CT molecular complexity index is 1120. The van der Waals surface area contributed by atoms with Gasteiger partial charge in [0.05, 0.1) is 12.8 Å². The predicted octanol–water partition coefficient (Wildman–Crippen LogP) is 4.70. The number of nitrogens with one attached hydrogen (secondary N) is 1. The Morgan fingerprint density at radius 3 is 2.56 bits per heavy atom. The van der Waals surface area contributed by atoms with Gasteiger partial charge in [0, 0.05) is 13.1 Å². The van der Waals surface area contributed by atoms with E-state index in [-0.39, 0.29) is 29.8 Å². The Labute approximate surface area is 186 Å². The van der Waals surface area contributed by atoms with Crippen LogP contribution in [0.1, 0.15) is 31.1 Å². The third-order valence-corrected chi connectivity index (χ3v) is 5.86. The first-order valence-corrected chi connectivity index (χ1v) is 11.6. The quantitative estimate of drug-likeness (QED) is 0.350. The van der Waals surface area contributed by atoms with Crippen LogP contribution in [-0.2, 0) is 23.2 Å². The number of nitrogens with zero attached hydrogens (tertiary/aromatic N) is 1. The van der Waals surface area contributed by atoms with Crippen molar-refractivity contribution < 1.29 is 26.2 Å². The second-order valence-electron chi connectivity index (χ2n) is 7.16. The van der Waals surface area contributed by atoms with Crippen molar-refractivity contribution in [2.24, 2.45) is 0 Å². The molecule has 0 unspecified atom stereocenters. The maximum absolute atomic E-state index is 13.1. The molecule has 0 saturated carbocycles. The van der Waals surface area contributed by atoms with Gasteiger partial charge in [-0.25, -0.2) is 9.18 Å². The molecule has 0 aliphatic rings. The summed E-state index contributed by atoms with van der Waals surface area (Å²) in [6.07, 6.45) is 3.36. The average molecular weight is 461 g/mol. The minimum absolute atomic E-state index is 0.0937. The van der Waals surface area contributed by atoms with Gasteiger partial charge in [0.25, 0.3) is 0 Å². The number of carbonyl (C=O) groups excluding carboxylic acids is 1. The average Bonchev–Trinajstić information content (AvgIpc) is 3.27. The number of benzene rings is 2. The van der Waals surface area contributed by atoms with Crippen molar-refractivity contribution in [3.63, 3.8) is 0 Å². The Hall–Kier alpha value is -3.33. The summed E-state index contributed by atoms with van der Waals surface area (Å²) in [5.74, 6) is 0.179. The van der Waals surface area contributed by atoms with Gasteiger partial charge in [-0.1, -0.05) is 25.5 Å². The summed E-state index contributed by atoms with van der Waals surface area (Å²) in [4.78, 5) is 14.1. The summed E-state index contributed by atoms with van der Waals surface area (Å²) < 4.78 is 48.6. The molecule has 1 aromatic heterocycles. The fourth-order valence-corrected chi connectivity index (χ4v) is 3.89. The zero-order chi connectivity index (χ0) is 23.0. The van der Waals surface area contributed by atoms with Crippen LogP contribution >= 0.6 is 0 Å². The lowest BCUT2D eigenvalue weighted by atomic mass is 10.2. The summed E-state index contributed by atoms with van der Waals surface area (Å²) in [5.41, 5.74) is 0.675. The Morgan fingerprint density at radius 1 is 1.09 bits per heavy atom. The van der Waals surface area contributed by atoms with Gasteiger partial charge in [-0.05, 0) is 60.5 Å². The van der Waals surface area contributed by atoms with Crippen molar-refractivity contribution in [3.8, 4) is 5.75 Å². The molecule has 1 heterocycles. The Balaban J connectivity index is 1.74. The topological polar surface area (TPSA) is 88.9 Å². The zero-order valence-corrected chi connectivity index (χ0v) is 18.5. The molecule has 3 rings (SSSR count). The lowest BCUT2D eigenvalue weighted by Crippen LogP contribution is -2.39. The van der Waals surface area contributed by atoms with Crippen LogP contribution in [0.3, 0.4) is 0 Å². The summed E-state index contributed by atoms with van der Waals surface area (Å²) >= 11 is 0. The zero-order valence-electron chi connectivity index (χ0n) is 17.7. The van der Waals surface area contributed by atoms with Crippen molar-refractivity contribution in [2.75, 3.05) is 6.54 Å². The highest BCUT2D eigenvalue weighted by Gasteiger charge is 2.19. The normalized spacial score (nSPS) is 11.2. The Kier molecular flexibility index (Phi) is 7.88. The predicted molar refractivity (Wildman–Crippen MR) is 117 cm³/mol. The molecule has 0 radical (unpaired) electrons. The molecule has 3 aromatic rings. The smallest absolute Gasteiger partial charge is 0.339 e. The van der Waals surface area contributed by atoms with E-state index >= 15 is 0 Å². The van der Waals surface area contributed by atoms with E-state index in [0.29, 0.717) is 17.9 Å². The Morgan fingerprint density at radius 2 is 1.88 bits per heavy atom. The first kappa shape index (κ1) is 23.3. The monoisotopic (exact) mass is 460 g/mol. The highest BCUT2D eigenvalue weighted by atomic mass is 32.2. The highest BCUT2D eigenvalue weighted by molar-refractivity contribution is 7.87. The molecule has 0 atom stereocenters. The molecular weight excluding hydrogens is 435 g/mol. The van der Waals surface area contributed by atoms with Gasteiger partial charge in [-0.3, -0.25) is 0 Å². The van der Waals surface area contributed by atoms with E-state index in [2.05, 4.69) is 5.32 Å². The fourth-order valence-electron chi connectivity index (χ4n) is 2.97. The standard InChI is InChI=1S/C23H25FN2O5S/c1-2-3-13-25-23(27)26(17-21-8-5-14-30-21)16-18-6-4-7-20(15-18)31-32(28,29)22-11-9-19(24)10-12-22/h4-12,14-15H,2-3,13,16-17H2,1H3,(H,25,27). The van der Waals surface area contributed by atoms with Crippen LogP contribution in [0.25, 0.3) is 0 Å². The molecule has 32 heavy (non-hydrogen) atoms. The molecule has 7 nitrogen and oxygen atoms in total. The van der Waals surface area contributed by atoms with Gasteiger partial charge in [0.1, 0.15) is 22.2 Å². The first-order chi connectivity index (χ1) is 15.4. The van der Waals surface area contributed by atoms with E-state index in [4.69, 9.17) is 8.60 Å². The van der Waals surface area contributed by atoms with E-state index in [1.807, 2.05) is 6.92 Å². The molecule has 0 aliphatic carbocycles. The van der Waals surface area contributed by atoms with Crippen LogP contribution < -0.4 is 9.50 Å². The number of amides is 2. The third-order valence-electron chi connectivity index (χ3n) is 4.60. The largest absolute Gasteiger partial charge is 0.467 e. The molecule has 0 aliphatic heterocycles. The molecule has 1 N–H and O–H groups in total. The molecular formula is C23H25FN2O5S. The van der Waals surface area contributed by atoms with E-state index in [1.165, 1.54) is 12.3 Å². The van der Waals surface area contributed by atoms with Crippen molar-refractivity contribution in [1.29, 1.82) is 0 Å². The van der Waals surface area contributed by atoms with Gasteiger partial charge in [-0.2, -0.15) is 8.42 Å². The van der Waals surface area contributed by atoms with Crippen LogP contribution in [0.5, 0.6) is 5.75 Å². The number of rotatable bonds is 10. The molecule has 9 heteroatoms. The van der Waals surface area contributed by atoms with Crippen molar-refractivity contribution in [1.82, 2.24) is 10.2 Å². The molecule has 170 valence electrons. The highest BCUT2D eigenvalue weighted by Crippen LogP contribution is 2.21. The lowest BCUT2D eigenvalue weighted by molar-refractivity contribution is 0.187. The minimum atomic E-state index is -4.12.